The molecular formula is C15H23ClN2O3. The first-order valence-corrected chi connectivity index (χ1v) is 7.07. The number of anilines is 1. The van der Waals surface area contributed by atoms with Gasteiger partial charge in [0, 0.05) is 19.2 Å². The van der Waals surface area contributed by atoms with E-state index in [-0.39, 0.29) is 17.6 Å². The summed E-state index contributed by atoms with van der Waals surface area (Å²) in [6.45, 7) is 5.86. The Balaban J connectivity index is 2.87. The van der Waals surface area contributed by atoms with Crippen molar-refractivity contribution in [3.8, 4) is 5.75 Å². The van der Waals surface area contributed by atoms with Gasteiger partial charge in [0.25, 0.3) is 5.91 Å². The summed E-state index contributed by atoms with van der Waals surface area (Å²) in [5.74, 6) is 0.140. The number of nitrogens with two attached hydrogens (primary N) is 1. The first-order valence-electron chi connectivity index (χ1n) is 6.69. The fourth-order valence-electron chi connectivity index (χ4n) is 2.09. The highest BCUT2D eigenvalue weighted by Crippen LogP contribution is 2.29. The molecule has 0 radical (unpaired) electrons. The van der Waals surface area contributed by atoms with Crippen LogP contribution in [0, 0.1) is 0 Å². The Labute approximate surface area is 130 Å². The van der Waals surface area contributed by atoms with Gasteiger partial charge in [-0.1, -0.05) is 11.6 Å². The van der Waals surface area contributed by atoms with Gasteiger partial charge < -0.3 is 20.5 Å². The van der Waals surface area contributed by atoms with Crippen LogP contribution in [0.2, 0.25) is 5.02 Å². The molecule has 0 bridgehead atoms. The number of carbonyl (C=O) groups is 1. The number of nitrogen functional groups attached to an aromatic ring is 1. The van der Waals surface area contributed by atoms with E-state index in [9.17, 15) is 4.79 Å². The molecular weight excluding hydrogens is 292 g/mol. The monoisotopic (exact) mass is 314 g/mol. The van der Waals surface area contributed by atoms with Crippen LogP contribution < -0.4 is 15.8 Å². The fraction of sp³-hybridized carbons (Fsp3) is 0.533. The van der Waals surface area contributed by atoms with Crippen molar-refractivity contribution in [2.24, 2.45) is 0 Å². The summed E-state index contributed by atoms with van der Waals surface area (Å²) in [5, 5.41) is 3.23. The predicted molar refractivity (Wildman–Crippen MR) is 85.0 cm³/mol. The number of amides is 1. The molecule has 3 N–H and O–H groups in total. The van der Waals surface area contributed by atoms with Crippen LogP contribution in [-0.2, 0) is 4.74 Å². The van der Waals surface area contributed by atoms with Crippen LogP contribution in [-0.4, -0.2) is 31.8 Å². The van der Waals surface area contributed by atoms with Gasteiger partial charge in [0.1, 0.15) is 5.75 Å². The van der Waals surface area contributed by atoms with Crippen molar-refractivity contribution in [1.82, 2.24) is 5.32 Å². The smallest absolute Gasteiger partial charge is 0.255 e. The third-order valence-corrected chi connectivity index (χ3v) is 3.62. The standard InChI is InChI=1S/C15H23ClN2O3/c1-9(8-15(2,3)21-5)18-14(19)10-6-11(16)12(17)7-13(10)20-4/h6-7,9H,8,17H2,1-5H3,(H,18,19). The van der Waals surface area contributed by atoms with Gasteiger partial charge in [0.2, 0.25) is 0 Å². The molecule has 1 amide bonds. The Hall–Kier alpha value is -1.46. The number of halogens is 1. The summed E-state index contributed by atoms with van der Waals surface area (Å²) in [6.07, 6.45) is 0.681. The van der Waals surface area contributed by atoms with E-state index in [1.807, 2.05) is 20.8 Å². The molecule has 6 heteroatoms. The molecule has 0 aliphatic rings. The number of carbonyl (C=O) groups excluding carboxylic acids is 1. The van der Waals surface area contributed by atoms with Crippen molar-refractivity contribution in [3.05, 3.63) is 22.7 Å². The summed E-state index contributed by atoms with van der Waals surface area (Å²) >= 11 is 5.97. The van der Waals surface area contributed by atoms with Crippen molar-refractivity contribution in [1.29, 1.82) is 0 Å². The normalized spacial score (nSPS) is 12.9. The van der Waals surface area contributed by atoms with Gasteiger partial charge in [-0.2, -0.15) is 0 Å². The van der Waals surface area contributed by atoms with Gasteiger partial charge >= 0.3 is 0 Å². The van der Waals surface area contributed by atoms with Gasteiger partial charge in [-0.15, -0.1) is 0 Å². The highest BCUT2D eigenvalue weighted by Gasteiger charge is 2.23. The largest absolute Gasteiger partial charge is 0.496 e. The zero-order chi connectivity index (χ0) is 16.2. The van der Waals surface area contributed by atoms with E-state index in [4.69, 9.17) is 26.8 Å². The average molecular weight is 315 g/mol. The minimum absolute atomic E-state index is 0.0616. The topological polar surface area (TPSA) is 73.6 Å². The first kappa shape index (κ1) is 17.6. The van der Waals surface area contributed by atoms with Crippen molar-refractivity contribution in [3.63, 3.8) is 0 Å². The quantitative estimate of drug-likeness (QED) is 0.792. The second kappa shape index (κ2) is 7.00. The molecule has 0 aliphatic carbocycles. The molecule has 0 aliphatic heterocycles. The lowest BCUT2D eigenvalue weighted by Gasteiger charge is -2.27. The second-order valence-corrected chi connectivity index (χ2v) is 6.02. The molecule has 118 valence electrons. The van der Waals surface area contributed by atoms with Crippen molar-refractivity contribution in [2.45, 2.75) is 38.8 Å². The summed E-state index contributed by atoms with van der Waals surface area (Å²) in [7, 11) is 3.13. The predicted octanol–water partition coefficient (Wildman–Crippen LogP) is 2.86. The van der Waals surface area contributed by atoms with Crippen LogP contribution in [0.25, 0.3) is 0 Å². The van der Waals surface area contributed by atoms with E-state index in [2.05, 4.69) is 5.32 Å². The third kappa shape index (κ3) is 4.79. The number of hydrogen-bond donors (Lipinski definition) is 2. The second-order valence-electron chi connectivity index (χ2n) is 5.62. The maximum absolute atomic E-state index is 12.3. The Bertz CT molecular complexity index is 518. The highest BCUT2D eigenvalue weighted by atomic mass is 35.5. The van der Waals surface area contributed by atoms with Gasteiger partial charge in [0.05, 0.1) is 29.0 Å². The molecule has 0 spiro atoms. The van der Waals surface area contributed by atoms with E-state index in [1.165, 1.54) is 13.2 Å². The lowest BCUT2D eigenvalue weighted by atomic mass is 9.99. The summed E-state index contributed by atoms with van der Waals surface area (Å²) in [6, 6.07) is 2.99. The van der Waals surface area contributed by atoms with Crippen LogP contribution in [0.4, 0.5) is 5.69 Å². The van der Waals surface area contributed by atoms with Crippen LogP contribution in [0.5, 0.6) is 5.75 Å². The van der Waals surface area contributed by atoms with Crippen molar-refractivity contribution in [2.75, 3.05) is 20.0 Å². The van der Waals surface area contributed by atoms with Gasteiger partial charge in [-0.3, -0.25) is 4.79 Å². The molecule has 0 fully saturated rings. The summed E-state index contributed by atoms with van der Waals surface area (Å²) in [5.41, 5.74) is 6.13. The molecule has 1 aromatic rings. The number of benzene rings is 1. The number of methoxy groups -OCH3 is 2. The number of rotatable bonds is 6. The molecule has 1 rings (SSSR count). The minimum Gasteiger partial charge on any atom is -0.496 e. The lowest BCUT2D eigenvalue weighted by Crippen LogP contribution is -2.39. The molecule has 0 saturated carbocycles. The molecule has 21 heavy (non-hydrogen) atoms. The number of ether oxygens (including phenoxy) is 2. The molecule has 1 atom stereocenters. The zero-order valence-electron chi connectivity index (χ0n) is 13.1. The van der Waals surface area contributed by atoms with Crippen LogP contribution in [0.3, 0.4) is 0 Å². The lowest BCUT2D eigenvalue weighted by molar-refractivity contribution is 0.00884. The van der Waals surface area contributed by atoms with E-state index >= 15 is 0 Å². The molecule has 1 aromatic carbocycles. The maximum Gasteiger partial charge on any atom is 0.255 e. The van der Waals surface area contributed by atoms with E-state index in [1.54, 1.807) is 13.2 Å². The summed E-state index contributed by atoms with van der Waals surface area (Å²) < 4.78 is 10.5. The first-order chi connectivity index (χ1) is 9.70. The van der Waals surface area contributed by atoms with Gasteiger partial charge in [-0.25, -0.2) is 0 Å². The van der Waals surface area contributed by atoms with E-state index < -0.39 is 0 Å². The fourth-order valence-corrected chi connectivity index (χ4v) is 2.25. The molecule has 0 heterocycles. The van der Waals surface area contributed by atoms with Gasteiger partial charge in [0.15, 0.2) is 0 Å². The maximum atomic E-state index is 12.3. The van der Waals surface area contributed by atoms with E-state index in [0.717, 1.165) is 0 Å². The van der Waals surface area contributed by atoms with Gasteiger partial charge in [-0.05, 0) is 33.3 Å². The van der Waals surface area contributed by atoms with Crippen LogP contribution in [0.1, 0.15) is 37.6 Å². The van der Waals surface area contributed by atoms with Crippen LogP contribution >= 0.6 is 11.6 Å². The average Bonchev–Trinajstić information content (AvgIpc) is 2.40. The minimum atomic E-state index is -0.310. The molecule has 1 unspecified atom stereocenters. The SMILES string of the molecule is COc1cc(N)c(Cl)cc1C(=O)NC(C)CC(C)(C)OC. The zero-order valence-corrected chi connectivity index (χ0v) is 13.9. The molecule has 0 aromatic heterocycles. The summed E-state index contributed by atoms with van der Waals surface area (Å²) in [4.78, 5) is 12.3. The van der Waals surface area contributed by atoms with Crippen molar-refractivity contribution < 1.29 is 14.3 Å². The third-order valence-electron chi connectivity index (χ3n) is 3.29. The highest BCUT2D eigenvalue weighted by molar-refractivity contribution is 6.33. The Kier molecular flexibility index (Phi) is 5.87. The Morgan fingerprint density at radius 2 is 2.05 bits per heavy atom. The van der Waals surface area contributed by atoms with Crippen LogP contribution in [0.15, 0.2) is 12.1 Å². The van der Waals surface area contributed by atoms with E-state index in [0.29, 0.717) is 28.4 Å². The van der Waals surface area contributed by atoms with Crippen molar-refractivity contribution >= 4 is 23.2 Å². The Morgan fingerprint density at radius 1 is 1.43 bits per heavy atom. The molecule has 5 nitrogen and oxygen atoms in total. The Morgan fingerprint density at radius 3 is 2.57 bits per heavy atom. The number of nitrogens with one attached hydrogen (secondary N) is 1. The molecule has 0 saturated heterocycles. The number of hydrogen-bond acceptors (Lipinski definition) is 4.